The van der Waals surface area contributed by atoms with Crippen molar-refractivity contribution >= 4 is 34.8 Å². The highest BCUT2D eigenvalue weighted by molar-refractivity contribution is 6.35. The van der Waals surface area contributed by atoms with Crippen molar-refractivity contribution in [2.75, 3.05) is 12.4 Å². The van der Waals surface area contributed by atoms with Crippen LogP contribution in [0.25, 0.3) is 5.82 Å². The van der Waals surface area contributed by atoms with Crippen LogP contribution in [0.3, 0.4) is 0 Å². The van der Waals surface area contributed by atoms with E-state index in [9.17, 15) is 0 Å². The second-order valence-corrected chi connectivity index (χ2v) is 5.02. The first kappa shape index (κ1) is 14.6. The number of anilines is 2. The summed E-state index contributed by atoms with van der Waals surface area (Å²) >= 11 is 11.9. The molecule has 0 saturated heterocycles. The number of aromatic nitrogens is 5. The Kier molecular flexibility index (Phi) is 4.08. The van der Waals surface area contributed by atoms with Crippen LogP contribution in [-0.2, 0) is 0 Å². The Morgan fingerprint density at radius 2 is 2.09 bits per heavy atom. The number of nitrogens with zero attached hydrogens (tertiary/aromatic N) is 5. The molecular formula is C13H10Cl2N6O. The van der Waals surface area contributed by atoms with Crippen LogP contribution in [0, 0.1) is 0 Å². The summed E-state index contributed by atoms with van der Waals surface area (Å²) in [6, 6.07) is 3.26. The molecular weight excluding hydrogens is 327 g/mol. The van der Waals surface area contributed by atoms with Crippen molar-refractivity contribution in [1.82, 2.24) is 24.7 Å². The maximum absolute atomic E-state index is 6.10. The van der Waals surface area contributed by atoms with Crippen LogP contribution in [0.15, 0.2) is 36.9 Å². The number of nitrogens with one attached hydrogen (secondary N) is 1. The normalized spacial score (nSPS) is 10.5. The number of hydrogen-bond donors (Lipinski definition) is 1. The molecule has 0 aliphatic rings. The average Bonchev–Trinajstić information content (AvgIpc) is 2.95. The summed E-state index contributed by atoms with van der Waals surface area (Å²) in [5.74, 6) is 1.34. The highest BCUT2D eigenvalue weighted by Crippen LogP contribution is 2.23. The second-order valence-electron chi connectivity index (χ2n) is 4.18. The highest BCUT2D eigenvalue weighted by atomic mass is 35.5. The van der Waals surface area contributed by atoms with E-state index >= 15 is 0 Å². The summed E-state index contributed by atoms with van der Waals surface area (Å²) < 4.78 is 6.57. The van der Waals surface area contributed by atoms with Gasteiger partial charge in [0.2, 0.25) is 11.8 Å². The van der Waals surface area contributed by atoms with Gasteiger partial charge in [-0.1, -0.05) is 23.2 Å². The van der Waals surface area contributed by atoms with Gasteiger partial charge in [0, 0.05) is 18.5 Å². The van der Waals surface area contributed by atoms with Crippen molar-refractivity contribution in [3.05, 3.63) is 47.0 Å². The Hall–Kier alpha value is -2.38. The first-order valence-corrected chi connectivity index (χ1v) is 6.91. The van der Waals surface area contributed by atoms with Gasteiger partial charge in [0.05, 0.1) is 35.2 Å². The van der Waals surface area contributed by atoms with E-state index < -0.39 is 0 Å². The predicted octanol–water partition coefficient (Wildman–Crippen LogP) is 3.12. The van der Waals surface area contributed by atoms with Crippen molar-refractivity contribution in [1.29, 1.82) is 0 Å². The predicted molar refractivity (Wildman–Crippen MR) is 83.2 cm³/mol. The minimum absolute atomic E-state index is 0.397. The van der Waals surface area contributed by atoms with E-state index in [2.05, 4.69) is 25.4 Å². The molecule has 3 rings (SSSR count). The third-order valence-corrected chi connectivity index (χ3v) is 3.17. The standard InChI is InChI=1S/C13H10Cl2N6O/c1-22-11-2-3-16-13(20-11)19-9-6-18-21(7-9)12-10(15)4-8(14)5-17-12/h2-7H,1H3,(H,16,19,20). The Morgan fingerprint density at radius 3 is 2.86 bits per heavy atom. The van der Waals surface area contributed by atoms with Crippen molar-refractivity contribution in [3.63, 3.8) is 0 Å². The number of hydrogen-bond acceptors (Lipinski definition) is 6. The van der Waals surface area contributed by atoms with Crippen LogP contribution in [0.5, 0.6) is 5.88 Å². The lowest BCUT2D eigenvalue weighted by Gasteiger charge is -2.04. The van der Waals surface area contributed by atoms with Crippen LogP contribution in [0.2, 0.25) is 10.0 Å². The fourth-order valence-electron chi connectivity index (χ4n) is 1.72. The van der Waals surface area contributed by atoms with Gasteiger partial charge in [-0.05, 0) is 6.07 Å². The Bertz CT molecular complexity index is 807. The molecule has 7 nitrogen and oxygen atoms in total. The molecule has 0 amide bonds. The maximum Gasteiger partial charge on any atom is 0.230 e. The maximum atomic E-state index is 6.10. The zero-order chi connectivity index (χ0) is 15.5. The van der Waals surface area contributed by atoms with Gasteiger partial charge >= 0.3 is 0 Å². The van der Waals surface area contributed by atoms with Crippen LogP contribution in [0.4, 0.5) is 11.6 Å². The summed E-state index contributed by atoms with van der Waals surface area (Å²) in [7, 11) is 1.54. The minimum Gasteiger partial charge on any atom is -0.481 e. The first-order valence-electron chi connectivity index (χ1n) is 6.16. The summed E-state index contributed by atoms with van der Waals surface area (Å²) in [5, 5.41) is 8.07. The molecule has 1 N–H and O–H groups in total. The zero-order valence-electron chi connectivity index (χ0n) is 11.4. The molecule has 3 heterocycles. The van der Waals surface area contributed by atoms with Gasteiger partial charge in [-0.25, -0.2) is 14.6 Å². The Morgan fingerprint density at radius 1 is 1.23 bits per heavy atom. The van der Waals surface area contributed by atoms with Gasteiger partial charge in [-0.2, -0.15) is 10.1 Å². The fourth-order valence-corrected chi connectivity index (χ4v) is 2.19. The van der Waals surface area contributed by atoms with E-state index in [1.165, 1.54) is 10.9 Å². The van der Waals surface area contributed by atoms with Gasteiger partial charge in [0.25, 0.3) is 0 Å². The Labute approximate surface area is 135 Å². The van der Waals surface area contributed by atoms with Gasteiger partial charge in [-0.15, -0.1) is 0 Å². The largest absolute Gasteiger partial charge is 0.481 e. The molecule has 3 aromatic rings. The summed E-state index contributed by atoms with van der Waals surface area (Å²) in [6.45, 7) is 0. The van der Waals surface area contributed by atoms with Gasteiger partial charge in [0.15, 0.2) is 5.82 Å². The molecule has 22 heavy (non-hydrogen) atoms. The van der Waals surface area contributed by atoms with Crippen LogP contribution >= 0.6 is 23.2 Å². The number of halogens is 2. The lowest BCUT2D eigenvalue weighted by Crippen LogP contribution is -1.99. The second kappa shape index (κ2) is 6.17. The molecule has 0 aliphatic carbocycles. The van der Waals surface area contributed by atoms with E-state index in [1.54, 1.807) is 37.8 Å². The van der Waals surface area contributed by atoms with E-state index in [-0.39, 0.29) is 0 Å². The van der Waals surface area contributed by atoms with E-state index in [4.69, 9.17) is 27.9 Å². The topological polar surface area (TPSA) is 77.8 Å². The van der Waals surface area contributed by atoms with Crippen LogP contribution in [-0.4, -0.2) is 31.8 Å². The van der Waals surface area contributed by atoms with Gasteiger partial charge in [0.1, 0.15) is 0 Å². The third-order valence-electron chi connectivity index (χ3n) is 2.68. The first-order chi connectivity index (χ1) is 10.7. The van der Waals surface area contributed by atoms with Crippen LogP contribution < -0.4 is 10.1 Å². The molecule has 0 saturated carbocycles. The zero-order valence-corrected chi connectivity index (χ0v) is 12.9. The fraction of sp³-hybridized carbons (Fsp3) is 0.0769. The van der Waals surface area contributed by atoms with Crippen molar-refractivity contribution < 1.29 is 4.74 Å². The SMILES string of the molecule is COc1ccnc(Nc2cnn(-c3ncc(Cl)cc3Cl)c2)n1. The van der Waals surface area contributed by atoms with Crippen molar-refractivity contribution in [3.8, 4) is 11.7 Å². The number of ether oxygens (including phenoxy) is 1. The lowest BCUT2D eigenvalue weighted by molar-refractivity contribution is 0.397. The van der Waals surface area contributed by atoms with Crippen LogP contribution in [0.1, 0.15) is 0 Å². The number of pyridine rings is 1. The summed E-state index contributed by atoms with van der Waals surface area (Å²) in [5.41, 5.74) is 0.682. The molecule has 0 unspecified atom stereocenters. The third kappa shape index (κ3) is 3.10. The molecule has 0 fully saturated rings. The highest BCUT2D eigenvalue weighted by Gasteiger charge is 2.08. The molecule has 0 spiro atoms. The molecule has 0 bridgehead atoms. The van der Waals surface area contributed by atoms with Gasteiger partial charge < -0.3 is 10.1 Å². The molecule has 0 atom stereocenters. The number of rotatable bonds is 4. The van der Waals surface area contributed by atoms with Crippen molar-refractivity contribution in [2.45, 2.75) is 0 Å². The summed E-state index contributed by atoms with van der Waals surface area (Å²) in [4.78, 5) is 12.4. The van der Waals surface area contributed by atoms with E-state index in [1.807, 2.05) is 0 Å². The average molecular weight is 337 g/mol. The van der Waals surface area contributed by atoms with Crippen molar-refractivity contribution in [2.24, 2.45) is 0 Å². The molecule has 0 radical (unpaired) electrons. The summed E-state index contributed by atoms with van der Waals surface area (Å²) in [6.07, 6.45) is 6.42. The lowest BCUT2D eigenvalue weighted by atomic mass is 10.4. The molecule has 0 aromatic carbocycles. The molecule has 9 heteroatoms. The van der Waals surface area contributed by atoms with E-state index in [0.29, 0.717) is 33.4 Å². The smallest absolute Gasteiger partial charge is 0.230 e. The molecule has 0 aliphatic heterocycles. The molecule has 3 aromatic heterocycles. The quantitative estimate of drug-likeness (QED) is 0.788. The van der Waals surface area contributed by atoms with E-state index in [0.717, 1.165) is 0 Å². The minimum atomic E-state index is 0.397. The Balaban J connectivity index is 1.84. The monoisotopic (exact) mass is 336 g/mol. The number of methoxy groups -OCH3 is 1. The van der Waals surface area contributed by atoms with Gasteiger partial charge in [-0.3, -0.25) is 0 Å². The molecule has 112 valence electrons.